The summed E-state index contributed by atoms with van der Waals surface area (Å²) in [5.74, 6) is -0.575. The summed E-state index contributed by atoms with van der Waals surface area (Å²) in [6, 6.07) is 14.8. The van der Waals surface area contributed by atoms with Crippen molar-refractivity contribution in [3.05, 3.63) is 76.9 Å². The molecule has 2 aromatic rings. The van der Waals surface area contributed by atoms with Gasteiger partial charge in [-0.15, -0.1) is 0 Å². The third-order valence-corrected chi connectivity index (χ3v) is 4.66. The highest BCUT2D eigenvalue weighted by Gasteiger charge is 2.34. The molecule has 2 aromatic carbocycles. The smallest absolute Gasteiger partial charge is 0.330 e. The Hall–Kier alpha value is -3.21. The second-order valence-corrected chi connectivity index (χ2v) is 6.98. The van der Waals surface area contributed by atoms with Crippen LogP contribution in [0.2, 0.25) is 0 Å². The summed E-state index contributed by atoms with van der Waals surface area (Å²) >= 11 is 0. The lowest BCUT2D eigenvalue weighted by Crippen LogP contribution is -2.31. The summed E-state index contributed by atoms with van der Waals surface area (Å²) in [5.41, 5.74) is 3.02. The normalized spacial score (nSPS) is 13.5. The summed E-state index contributed by atoms with van der Waals surface area (Å²) in [7, 11) is 0. The van der Waals surface area contributed by atoms with Crippen LogP contribution in [-0.2, 0) is 9.53 Å². The van der Waals surface area contributed by atoms with Crippen LogP contribution in [0.3, 0.4) is 0 Å². The molecule has 0 radical (unpaired) electrons. The van der Waals surface area contributed by atoms with Crippen LogP contribution in [0, 0.1) is 0 Å². The van der Waals surface area contributed by atoms with Crippen LogP contribution in [0.1, 0.15) is 58.0 Å². The topological polar surface area (TPSA) is 63.7 Å². The number of rotatable bonds is 7. The lowest BCUT2D eigenvalue weighted by Gasteiger charge is -2.13. The molecule has 0 unspecified atom stereocenters. The second-order valence-electron chi connectivity index (χ2n) is 6.98. The fourth-order valence-electron chi connectivity index (χ4n) is 3.04. The van der Waals surface area contributed by atoms with Crippen LogP contribution in [0.4, 0.5) is 0 Å². The minimum atomic E-state index is -0.449. The molecule has 0 saturated heterocycles. The van der Waals surface area contributed by atoms with Crippen molar-refractivity contribution in [2.75, 3.05) is 13.2 Å². The molecular weight excluding hydrogens is 354 g/mol. The quantitative estimate of drug-likeness (QED) is 0.316. The first kappa shape index (κ1) is 19.5. The van der Waals surface area contributed by atoms with Gasteiger partial charge in [0.15, 0.2) is 0 Å². The largest absolute Gasteiger partial charge is 0.462 e. The Bertz CT molecular complexity index is 877. The molecule has 0 bridgehead atoms. The fraction of sp³-hybridized carbons (Fsp3) is 0.261. The third-order valence-electron chi connectivity index (χ3n) is 4.66. The zero-order valence-corrected chi connectivity index (χ0v) is 16.1. The van der Waals surface area contributed by atoms with Gasteiger partial charge in [-0.1, -0.05) is 50.2 Å². The van der Waals surface area contributed by atoms with Crippen LogP contribution in [-0.4, -0.2) is 35.8 Å². The highest BCUT2D eigenvalue weighted by molar-refractivity contribution is 6.21. The molecule has 5 nitrogen and oxygen atoms in total. The first-order valence-electron chi connectivity index (χ1n) is 9.37. The van der Waals surface area contributed by atoms with E-state index in [1.54, 1.807) is 30.3 Å². The standard InChI is InChI=1S/C23H23NO4/c1-16(2)18-11-8-17(9-12-18)10-13-21(25)28-15-5-14-24-22(26)19-6-3-4-7-20(19)23(24)27/h3-4,6-13,16H,5,14-15H2,1-2H3/b13-10+. The van der Waals surface area contributed by atoms with Gasteiger partial charge in [-0.3, -0.25) is 14.5 Å². The van der Waals surface area contributed by atoms with Crippen molar-refractivity contribution in [3.8, 4) is 0 Å². The molecule has 0 spiro atoms. The molecule has 0 atom stereocenters. The Kier molecular flexibility index (Phi) is 6.04. The number of fused-ring (bicyclic) bond motifs is 1. The summed E-state index contributed by atoms with van der Waals surface area (Å²) in [4.78, 5) is 37.5. The van der Waals surface area contributed by atoms with Gasteiger partial charge in [0.2, 0.25) is 0 Å². The van der Waals surface area contributed by atoms with Crippen molar-refractivity contribution in [2.24, 2.45) is 0 Å². The van der Waals surface area contributed by atoms with Gasteiger partial charge in [0, 0.05) is 12.6 Å². The first-order chi connectivity index (χ1) is 13.5. The molecule has 0 fully saturated rings. The summed E-state index contributed by atoms with van der Waals surface area (Å²) in [6.45, 7) is 4.62. The maximum atomic E-state index is 12.2. The predicted octanol–water partition coefficient (Wildman–Crippen LogP) is 4.05. The minimum absolute atomic E-state index is 0.142. The Morgan fingerprint density at radius 3 is 2.18 bits per heavy atom. The third kappa shape index (κ3) is 4.36. The van der Waals surface area contributed by atoms with Gasteiger partial charge in [-0.2, -0.15) is 0 Å². The van der Waals surface area contributed by atoms with Gasteiger partial charge in [0.25, 0.3) is 11.8 Å². The lowest BCUT2D eigenvalue weighted by molar-refractivity contribution is -0.137. The molecule has 1 aliphatic heterocycles. The van der Waals surface area contributed by atoms with Crippen molar-refractivity contribution in [1.82, 2.24) is 4.90 Å². The number of carbonyl (C=O) groups excluding carboxylic acids is 3. The predicted molar refractivity (Wildman–Crippen MR) is 107 cm³/mol. The molecule has 0 aliphatic carbocycles. The lowest BCUT2D eigenvalue weighted by atomic mass is 10.0. The van der Waals surface area contributed by atoms with Gasteiger partial charge in [0.1, 0.15) is 0 Å². The number of carbonyl (C=O) groups is 3. The van der Waals surface area contributed by atoms with E-state index < -0.39 is 5.97 Å². The molecule has 5 heteroatoms. The first-order valence-corrected chi connectivity index (χ1v) is 9.37. The summed E-state index contributed by atoms with van der Waals surface area (Å²) < 4.78 is 5.16. The second kappa shape index (κ2) is 8.65. The molecule has 0 N–H and O–H groups in total. The monoisotopic (exact) mass is 377 g/mol. The van der Waals surface area contributed by atoms with E-state index in [-0.39, 0.29) is 25.0 Å². The van der Waals surface area contributed by atoms with Crippen LogP contribution < -0.4 is 0 Å². The SMILES string of the molecule is CC(C)c1ccc(/C=C/C(=O)OCCCN2C(=O)c3ccccc3C2=O)cc1. The van der Waals surface area contributed by atoms with Crippen LogP contribution in [0.5, 0.6) is 0 Å². The average Bonchev–Trinajstić information content (AvgIpc) is 2.95. The van der Waals surface area contributed by atoms with E-state index in [1.807, 2.05) is 24.3 Å². The van der Waals surface area contributed by atoms with E-state index in [1.165, 1.54) is 16.5 Å². The van der Waals surface area contributed by atoms with E-state index in [2.05, 4.69) is 13.8 Å². The molecule has 2 amide bonds. The van der Waals surface area contributed by atoms with E-state index in [0.717, 1.165) is 5.56 Å². The number of amides is 2. The van der Waals surface area contributed by atoms with Gasteiger partial charge < -0.3 is 4.74 Å². The molecule has 1 heterocycles. The van der Waals surface area contributed by atoms with E-state index in [4.69, 9.17) is 4.74 Å². The molecule has 0 saturated carbocycles. The van der Waals surface area contributed by atoms with E-state index in [0.29, 0.717) is 23.5 Å². The Morgan fingerprint density at radius 2 is 1.61 bits per heavy atom. The van der Waals surface area contributed by atoms with E-state index >= 15 is 0 Å². The number of imide groups is 1. The summed E-state index contributed by atoms with van der Waals surface area (Å²) in [6.07, 6.45) is 3.48. The van der Waals surface area contributed by atoms with Crippen molar-refractivity contribution in [2.45, 2.75) is 26.2 Å². The molecule has 0 aromatic heterocycles. The number of nitrogens with zero attached hydrogens (tertiary/aromatic N) is 1. The van der Waals surface area contributed by atoms with Crippen molar-refractivity contribution in [3.63, 3.8) is 0 Å². The minimum Gasteiger partial charge on any atom is -0.462 e. The van der Waals surface area contributed by atoms with Crippen LogP contribution >= 0.6 is 0 Å². The van der Waals surface area contributed by atoms with Crippen LogP contribution in [0.25, 0.3) is 6.08 Å². The molecule has 144 valence electrons. The zero-order valence-electron chi connectivity index (χ0n) is 16.1. The maximum absolute atomic E-state index is 12.2. The maximum Gasteiger partial charge on any atom is 0.330 e. The number of benzene rings is 2. The van der Waals surface area contributed by atoms with Crippen molar-refractivity contribution in [1.29, 1.82) is 0 Å². The number of hydrogen-bond donors (Lipinski definition) is 0. The Morgan fingerprint density at radius 1 is 1.00 bits per heavy atom. The Balaban J connectivity index is 1.44. The van der Waals surface area contributed by atoms with Crippen molar-refractivity contribution < 1.29 is 19.1 Å². The highest BCUT2D eigenvalue weighted by Crippen LogP contribution is 2.22. The van der Waals surface area contributed by atoms with Crippen LogP contribution in [0.15, 0.2) is 54.6 Å². The van der Waals surface area contributed by atoms with Gasteiger partial charge in [-0.05, 0) is 41.7 Å². The van der Waals surface area contributed by atoms with E-state index in [9.17, 15) is 14.4 Å². The fourth-order valence-corrected chi connectivity index (χ4v) is 3.04. The Labute approximate surface area is 164 Å². The van der Waals surface area contributed by atoms with Gasteiger partial charge in [0.05, 0.1) is 17.7 Å². The molecule has 28 heavy (non-hydrogen) atoms. The van der Waals surface area contributed by atoms with Crippen molar-refractivity contribution >= 4 is 23.9 Å². The van der Waals surface area contributed by atoms with Gasteiger partial charge >= 0.3 is 5.97 Å². The number of esters is 1. The summed E-state index contributed by atoms with van der Waals surface area (Å²) in [5, 5.41) is 0. The van der Waals surface area contributed by atoms with Gasteiger partial charge in [-0.25, -0.2) is 4.79 Å². The number of ether oxygens (including phenoxy) is 1. The molecule has 3 rings (SSSR count). The molecular formula is C23H23NO4. The average molecular weight is 377 g/mol. The molecule has 1 aliphatic rings. The zero-order chi connectivity index (χ0) is 20.1. The number of hydrogen-bond acceptors (Lipinski definition) is 4. The highest BCUT2D eigenvalue weighted by atomic mass is 16.5.